The van der Waals surface area contributed by atoms with E-state index < -0.39 is 5.41 Å². The molecular formula is C42H42O2. The monoisotopic (exact) mass is 578 g/mol. The summed E-state index contributed by atoms with van der Waals surface area (Å²) in [5, 5.41) is 0. The molecule has 5 aromatic carbocycles. The van der Waals surface area contributed by atoms with Gasteiger partial charge in [-0.2, -0.15) is 0 Å². The molecule has 2 aliphatic carbocycles. The molecule has 2 atom stereocenters. The minimum atomic E-state index is -0.447. The highest BCUT2D eigenvalue weighted by Gasteiger charge is 2.46. The number of hydrogen-bond donors (Lipinski definition) is 0. The van der Waals surface area contributed by atoms with Crippen LogP contribution in [0.1, 0.15) is 78.5 Å². The Morgan fingerprint density at radius 1 is 0.659 bits per heavy atom. The van der Waals surface area contributed by atoms with Crippen LogP contribution in [0, 0.1) is 12.8 Å². The molecule has 0 radical (unpaired) electrons. The predicted octanol–water partition coefficient (Wildman–Crippen LogP) is 10.8. The first-order chi connectivity index (χ1) is 21.6. The molecule has 0 saturated heterocycles. The average Bonchev–Trinajstić information content (AvgIpc) is 3.33. The fourth-order valence-electron chi connectivity index (χ4n) is 7.24. The second-order valence-corrected chi connectivity index (χ2v) is 12.7. The number of ether oxygens (including phenoxy) is 2. The van der Waals surface area contributed by atoms with Crippen molar-refractivity contribution in [2.45, 2.75) is 64.7 Å². The van der Waals surface area contributed by atoms with E-state index in [1.54, 1.807) is 0 Å². The average molecular weight is 579 g/mol. The Bertz CT molecular complexity index is 1770. The summed E-state index contributed by atoms with van der Waals surface area (Å²) in [6.45, 7) is 7.50. The number of unbranched alkanes of at least 4 members (excludes halogenated alkanes) is 1. The summed E-state index contributed by atoms with van der Waals surface area (Å²) in [7, 11) is 0. The Morgan fingerprint density at radius 2 is 1.34 bits per heavy atom. The van der Waals surface area contributed by atoms with Gasteiger partial charge in [-0.05, 0) is 113 Å². The first kappa shape index (κ1) is 28.5. The van der Waals surface area contributed by atoms with Crippen LogP contribution in [0.25, 0.3) is 11.1 Å². The standard InChI is InChI=1S/C42H42O2/c1-4-6-9-30(5-2)28-43-35-21-16-33(17-22-35)42(40-11-8-7-10-38(40)39-25-12-29(3)26-41(39)42)34-18-23-36(24-19-34)44-37-20-15-31-13-14-32(31)27-37/h7-8,10-12,15-27,30H,4-6,9,13-14,28H2,1-3H3. The lowest BCUT2D eigenvalue weighted by Crippen LogP contribution is -2.28. The van der Waals surface area contributed by atoms with Gasteiger partial charge in [0, 0.05) is 0 Å². The third kappa shape index (κ3) is 5.01. The van der Waals surface area contributed by atoms with Gasteiger partial charge in [0.05, 0.1) is 12.0 Å². The maximum Gasteiger partial charge on any atom is 0.127 e. The highest BCUT2D eigenvalue weighted by molar-refractivity contribution is 5.86. The third-order valence-electron chi connectivity index (χ3n) is 9.88. The van der Waals surface area contributed by atoms with Crippen LogP contribution >= 0.6 is 0 Å². The van der Waals surface area contributed by atoms with Gasteiger partial charge in [0.15, 0.2) is 0 Å². The van der Waals surface area contributed by atoms with Crippen molar-refractivity contribution in [2.24, 2.45) is 5.92 Å². The highest BCUT2D eigenvalue weighted by atomic mass is 16.5. The van der Waals surface area contributed by atoms with Crippen molar-refractivity contribution in [3.8, 4) is 28.4 Å². The van der Waals surface area contributed by atoms with Gasteiger partial charge in [0.25, 0.3) is 0 Å². The zero-order valence-electron chi connectivity index (χ0n) is 26.2. The Labute approximate surface area is 262 Å². The zero-order valence-corrected chi connectivity index (χ0v) is 26.2. The molecule has 0 bridgehead atoms. The van der Waals surface area contributed by atoms with Crippen LogP contribution in [0.2, 0.25) is 0 Å². The quantitative estimate of drug-likeness (QED) is 0.152. The van der Waals surface area contributed by atoms with Crippen molar-refractivity contribution in [3.63, 3.8) is 0 Å². The lowest BCUT2D eigenvalue weighted by molar-refractivity contribution is 0.233. The van der Waals surface area contributed by atoms with E-state index in [4.69, 9.17) is 9.47 Å². The molecule has 2 heteroatoms. The summed E-state index contributed by atoms with van der Waals surface area (Å²) < 4.78 is 12.7. The van der Waals surface area contributed by atoms with E-state index >= 15 is 0 Å². The Balaban J connectivity index is 1.28. The van der Waals surface area contributed by atoms with Crippen LogP contribution in [0.15, 0.2) is 109 Å². The molecule has 222 valence electrons. The van der Waals surface area contributed by atoms with Gasteiger partial charge in [-0.3, -0.25) is 0 Å². The number of benzene rings is 5. The molecule has 5 aromatic rings. The van der Waals surface area contributed by atoms with Gasteiger partial charge >= 0.3 is 0 Å². The summed E-state index contributed by atoms with van der Waals surface area (Å²) >= 11 is 0. The second kappa shape index (κ2) is 12.0. The molecule has 44 heavy (non-hydrogen) atoms. The smallest absolute Gasteiger partial charge is 0.127 e. The van der Waals surface area contributed by atoms with Crippen molar-refractivity contribution in [3.05, 3.63) is 148 Å². The summed E-state index contributed by atoms with van der Waals surface area (Å²) in [5.74, 6) is 3.31. The second-order valence-electron chi connectivity index (χ2n) is 12.7. The Kier molecular flexibility index (Phi) is 7.77. The van der Waals surface area contributed by atoms with Crippen LogP contribution < -0.4 is 9.47 Å². The minimum absolute atomic E-state index is 0.447. The zero-order chi connectivity index (χ0) is 30.1. The molecule has 0 heterocycles. The molecule has 0 aromatic heterocycles. The lowest BCUT2D eigenvalue weighted by Gasteiger charge is -2.34. The van der Waals surface area contributed by atoms with Crippen molar-refractivity contribution in [1.82, 2.24) is 0 Å². The predicted molar refractivity (Wildman–Crippen MR) is 181 cm³/mol. The lowest BCUT2D eigenvalue weighted by atomic mass is 9.67. The maximum atomic E-state index is 6.35. The number of aryl methyl sites for hydroxylation is 3. The Morgan fingerprint density at radius 3 is 2.02 bits per heavy atom. The minimum Gasteiger partial charge on any atom is -0.493 e. The highest BCUT2D eigenvalue weighted by Crippen LogP contribution is 2.56. The van der Waals surface area contributed by atoms with Gasteiger partial charge in [0.2, 0.25) is 0 Å². The van der Waals surface area contributed by atoms with Crippen LogP contribution in [0.4, 0.5) is 0 Å². The van der Waals surface area contributed by atoms with E-state index in [1.165, 1.54) is 75.8 Å². The number of fused-ring (bicyclic) bond motifs is 4. The molecule has 0 spiro atoms. The fourth-order valence-corrected chi connectivity index (χ4v) is 7.24. The largest absolute Gasteiger partial charge is 0.493 e. The summed E-state index contributed by atoms with van der Waals surface area (Å²) in [6.07, 6.45) is 7.21. The number of rotatable bonds is 11. The van der Waals surface area contributed by atoms with E-state index in [2.05, 4.69) is 130 Å². The summed E-state index contributed by atoms with van der Waals surface area (Å²) in [5.41, 5.74) is 11.4. The Hall–Kier alpha value is -4.30. The van der Waals surface area contributed by atoms with Crippen molar-refractivity contribution in [2.75, 3.05) is 6.61 Å². The van der Waals surface area contributed by atoms with Crippen molar-refractivity contribution >= 4 is 0 Å². The molecule has 0 saturated carbocycles. The SMILES string of the molecule is CCCCC(CC)COc1ccc(C2(c3ccc(Oc4ccc5c(c4)CC5)cc3)c3ccccc3-c3ccc(C)cc32)cc1. The van der Waals surface area contributed by atoms with E-state index in [-0.39, 0.29) is 0 Å². The molecule has 0 aliphatic heterocycles. The third-order valence-corrected chi connectivity index (χ3v) is 9.88. The summed E-state index contributed by atoms with van der Waals surface area (Å²) in [6, 6.07) is 40.0. The number of hydrogen-bond acceptors (Lipinski definition) is 2. The fraction of sp³-hybridized carbons (Fsp3) is 0.286. The van der Waals surface area contributed by atoms with Gasteiger partial charge < -0.3 is 9.47 Å². The van der Waals surface area contributed by atoms with E-state index in [0.29, 0.717) is 5.92 Å². The molecule has 0 amide bonds. The van der Waals surface area contributed by atoms with Crippen LogP contribution in [-0.4, -0.2) is 6.61 Å². The molecule has 0 N–H and O–H groups in total. The van der Waals surface area contributed by atoms with Crippen LogP contribution in [-0.2, 0) is 18.3 Å². The molecule has 7 rings (SSSR count). The van der Waals surface area contributed by atoms with Crippen molar-refractivity contribution in [1.29, 1.82) is 0 Å². The molecular weight excluding hydrogens is 536 g/mol. The molecule has 0 fully saturated rings. The maximum absolute atomic E-state index is 6.35. The molecule has 2 nitrogen and oxygen atoms in total. The van der Waals surface area contributed by atoms with Crippen molar-refractivity contribution < 1.29 is 9.47 Å². The summed E-state index contributed by atoms with van der Waals surface area (Å²) in [4.78, 5) is 0. The van der Waals surface area contributed by atoms with Crippen LogP contribution in [0.5, 0.6) is 17.2 Å². The van der Waals surface area contributed by atoms with Gasteiger partial charge in [-0.25, -0.2) is 0 Å². The van der Waals surface area contributed by atoms with E-state index in [0.717, 1.165) is 36.7 Å². The first-order valence-electron chi connectivity index (χ1n) is 16.4. The van der Waals surface area contributed by atoms with Crippen LogP contribution in [0.3, 0.4) is 0 Å². The van der Waals surface area contributed by atoms with Gasteiger partial charge in [-0.1, -0.05) is 111 Å². The van der Waals surface area contributed by atoms with E-state index in [1.807, 2.05) is 0 Å². The molecule has 2 aliphatic rings. The van der Waals surface area contributed by atoms with Gasteiger partial charge in [0.1, 0.15) is 17.2 Å². The first-order valence-corrected chi connectivity index (χ1v) is 16.4. The topological polar surface area (TPSA) is 18.5 Å². The normalized spacial score (nSPS) is 16.8. The van der Waals surface area contributed by atoms with Gasteiger partial charge in [-0.15, -0.1) is 0 Å². The molecule has 2 unspecified atom stereocenters. The van der Waals surface area contributed by atoms with E-state index in [9.17, 15) is 0 Å².